The molecule has 0 saturated heterocycles. The Labute approximate surface area is 152 Å². The van der Waals surface area contributed by atoms with E-state index in [1.165, 1.54) is 7.11 Å². The van der Waals surface area contributed by atoms with Crippen LogP contribution in [-0.2, 0) is 6.42 Å². The summed E-state index contributed by atoms with van der Waals surface area (Å²) in [4.78, 5) is 2.15. The van der Waals surface area contributed by atoms with Gasteiger partial charge >= 0.3 is 0 Å². The van der Waals surface area contributed by atoms with Crippen molar-refractivity contribution >= 4 is 0 Å². The van der Waals surface area contributed by atoms with Gasteiger partial charge in [0.25, 0.3) is 0 Å². The maximum Gasteiger partial charge on any atom is 0.169 e. The number of methoxy groups -OCH3 is 3. The quantitative estimate of drug-likeness (QED) is 0.880. The smallest absolute Gasteiger partial charge is 0.169 e. The van der Waals surface area contributed by atoms with Crippen molar-refractivity contribution in [2.24, 2.45) is 0 Å². The van der Waals surface area contributed by atoms with Gasteiger partial charge in [-0.1, -0.05) is 6.07 Å². The molecule has 2 N–H and O–H groups in total. The summed E-state index contributed by atoms with van der Waals surface area (Å²) in [6.07, 6.45) is 0.116. The Morgan fingerprint density at radius 3 is 2.42 bits per heavy atom. The normalized spacial score (nSPS) is 21.0. The minimum absolute atomic E-state index is 0.0833. The third-order valence-corrected chi connectivity index (χ3v) is 5.54. The van der Waals surface area contributed by atoms with Crippen LogP contribution in [0.2, 0.25) is 0 Å². The molecule has 1 aliphatic carbocycles. The Morgan fingerprint density at radius 2 is 1.77 bits per heavy atom. The average Bonchev–Trinajstić information content (AvgIpc) is 2.64. The molecule has 2 aliphatic rings. The van der Waals surface area contributed by atoms with Gasteiger partial charge in [0.15, 0.2) is 23.0 Å². The van der Waals surface area contributed by atoms with E-state index < -0.39 is 6.10 Å². The molecule has 2 aromatic rings. The van der Waals surface area contributed by atoms with Crippen molar-refractivity contribution in [2.45, 2.75) is 18.6 Å². The first-order valence-electron chi connectivity index (χ1n) is 8.58. The van der Waals surface area contributed by atoms with Crippen molar-refractivity contribution in [3.63, 3.8) is 0 Å². The summed E-state index contributed by atoms with van der Waals surface area (Å²) >= 11 is 0. The number of aliphatic hydroxyl groups is 1. The Balaban J connectivity index is 2.13. The number of aliphatic hydroxyl groups excluding tert-OH is 1. The number of β-amino-alcohol motifs (C(OH)–C–C–N with tert-alkyl or cyclic N) is 1. The highest BCUT2D eigenvalue weighted by Gasteiger charge is 2.40. The van der Waals surface area contributed by atoms with Gasteiger partial charge < -0.3 is 24.4 Å². The van der Waals surface area contributed by atoms with Crippen LogP contribution in [0.3, 0.4) is 0 Å². The second kappa shape index (κ2) is 6.07. The molecule has 26 heavy (non-hydrogen) atoms. The summed E-state index contributed by atoms with van der Waals surface area (Å²) < 4.78 is 16.5. The molecule has 138 valence electrons. The van der Waals surface area contributed by atoms with Crippen molar-refractivity contribution in [3.8, 4) is 34.1 Å². The van der Waals surface area contributed by atoms with Crippen LogP contribution in [0.4, 0.5) is 0 Å². The first kappa shape index (κ1) is 17.0. The third-order valence-electron chi connectivity index (χ3n) is 5.54. The van der Waals surface area contributed by atoms with Gasteiger partial charge in [-0.05, 0) is 42.3 Å². The van der Waals surface area contributed by atoms with Gasteiger partial charge in [0.05, 0.1) is 27.4 Å². The summed E-state index contributed by atoms with van der Waals surface area (Å²) in [6, 6.07) is 5.71. The molecule has 0 bridgehead atoms. The Kier molecular flexibility index (Phi) is 3.97. The molecule has 0 spiro atoms. The standard InChI is InChI=1S/C20H23NO5/c1-21-9-13(22)11-8-15(25-3)20(26-4)18-16-10(7-12(21)17(11)18)5-6-14(24-2)19(16)23/h5-6,8,12-13,22-23H,7,9H2,1-4H3. The molecule has 2 aromatic carbocycles. The van der Waals surface area contributed by atoms with E-state index in [9.17, 15) is 10.2 Å². The Hall–Kier alpha value is -2.44. The number of phenols is 1. The molecule has 1 heterocycles. The summed E-state index contributed by atoms with van der Waals surface area (Å²) in [5, 5.41) is 21.5. The molecule has 0 fully saturated rings. The number of fused-ring (bicyclic) bond motifs is 2. The van der Waals surface area contributed by atoms with Crippen LogP contribution in [0, 0.1) is 0 Å². The van der Waals surface area contributed by atoms with E-state index in [-0.39, 0.29) is 11.8 Å². The monoisotopic (exact) mass is 357 g/mol. The lowest BCUT2D eigenvalue weighted by molar-refractivity contribution is 0.0827. The fourth-order valence-corrected chi connectivity index (χ4v) is 4.32. The lowest BCUT2D eigenvalue weighted by atomic mass is 9.75. The number of rotatable bonds is 3. The predicted molar refractivity (Wildman–Crippen MR) is 97.2 cm³/mol. The molecule has 0 aromatic heterocycles. The maximum atomic E-state index is 10.9. The molecule has 2 unspecified atom stereocenters. The molecule has 0 amide bonds. The van der Waals surface area contributed by atoms with E-state index in [4.69, 9.17) is 14.2 Å². The van der Waals surface area contributed by atoms with Gasteiger partial charge in [-0.3, -0.25) is 4.90 Å². The van der Waals surface area contributed by atoms with Gasteiger partial charge in [-0.15, -0.1) is 0 Å². The number of benzene rings is 2. The SMILES string of the molecule is COc1ccc2c(c1O)-c1c(OC)c(OC)cc3c1C(C2)N(C)CC3O. The summed E-state index contributed by atoms with van der Waals surface area (Å²) in [5.74, 6) is 1.59. The average molecular weight is 357 g/mol. The zero-order chi connectivity index (χ0) is 18.6. The lowest BCUT2D eigenvalue weighted by Crippen LogP contribution is -2.38. The minimum Gasteiger partial charge on any atom is -0.504 e. The molecule has 4 rings (SSSR count). The van der Waals surface area contributed by atoms with Gasteiger partial charge in [-0.2, -0.15) is 0 Å². The molecular formula is C20H23NO5. The highest BCUT2D eigenvalue weighted by atomic mass is 16.5. The lowest BCUT2D eigenvalue weighted by Gasteiger charge is -2.42. The molecule has 6 heteroatoms. The highest BCUT2D eigenvalue weighted by Crippen LogP contribution is 2.57. The number of likely N-dealkylation sites (N-methyl/N-ethyl adjacent to an activating group) is 1. The van der Waals surface area contributed by atoms with Crippen molar-refractivity contribution in [3.05, 3.63) is 34.9 Å². The van der Waals surface area contributed by atoms with Crippen LogP contribution in [0.15, 0.2) is 18.2 Å². The van der Waals surface area contributed by atoms with Gasteiger partial charge in [0, 0.05) is 23.7 Å². The van der Waals surface area contributed by atoms with Gasteiger partial charge in [0.1, 0.15) is 0 Å². The summed E-state index contributed by atoms with van der Waals surface area (Å²) in [7, 11) is 6.70. The highest BCUT2D eigenvalue weighted by molar-refractivity contribution is 5.88. The van der Waals surface area contributed by atoms with E-state index in [1.54, 1.807) is 20.3 Å². The zero-order valence-corrected chi connectivity index (χ0v) is 15.4. The second-order valence-corrected chi connectivity index (χ2v) is 6.82. The molecule has 0 radical (unpaired) electrons. The minimum atomic E-state index is -0.626. The van der Waals surface area contributed by atoms with Crippen LogP contribution in [0.25, 0.3) is 11.1 Å². The van der Waals surface area contributed by atoms with Crippen LogP contribution in [0.1, 0.15) is 28.8 Å². The van der Waals surface area contributed by atoms with E-state index in [0.29, 0.717) is 29.4 Å². The van der Waals surface area contributed by atoms with E-state index in [0.717, 1.165) is 28.7 Å². The van der Waals surface area contributed by atoms with Gasteiger partial charge in [0.2, 0.25) is 0 Å². The first-order valence-corrected chi connectivity index (χ1v) is 8.58. The molecule has 1 aliphatic heterocycles. The largest absolute Gasteiger partial charge is 0.504 e. The number of hydrogen-bond acceptors (Lipinski definition) is 6. The predicted octanol–water partition coefficient (Wildman–Crippen LogP) is 2.66. The van der Waals surface area contributed by atoms with Crippen LogP contribution >= 0.6 is 0 Å². The first-order chi connectivity index (χ1) is 12.5. The van der Waals surface area contributed by atoms with Gasteiger partial charge in [-0.25, -0.2) is 0 Å². The number of nitrogens with zero attached hydrogens (tertiary/aromatic N) is 1. The Morgan fingerprint density at radius 1 is 1.04 bits per heavy atom. The van der Waals surface area contributed by atoms with Crippen molar-refractivity contribution in [2.75, 3.05) is 34.9 Å². The van der Waals surface area contributed by atoms with E-state index in [2.05, 4.69) is 4.90 Å². The topological polar surface area (TPSA) is 71.4 Å². The van der Waals surface area contributed by atoms with E-state index in [1.807, 2.05) is 19.2 Å². The van der Waals surface area contributed by atoms with Crippen LogP contribution in [0.5, 0.6) is 23.0 Å². The zero-order valence-electron chi connectivity index (χ0n) is 15.4. The van der Waals surface area contributed by atoms with Crippen LogP contribution in [-0.4, -0.2) is 50.0 Å². The van der Waals surface area contributed by atoms with Crippen molar-refractivity contribution in [1.82, 2.24) is 4.90 Å². The van der Waals surface area contributed by atoms with Crippen LogP contribution < -0.4 is 14.2 Å². The summed E-state index contributed by atoms with van der Waals surface area (Å²) in [6.45, 7) is 0.546. The molecule has 6 nitrogen and oxygen atoms in total. The van der Waals surface area contributed by atoms with E-state index >= 15 is 0 Å². The maximum absolute atomic E-state index is 10.9. The number of ether oxygens (including phenoxy) is 3. The third kappa shape index (κ3) is 2.19. The Bertz CT molecular complexity index is 879. The molecule has 0 saturated carbocycles. The fraction of sp³-hybridized carbons (Fsp3) is 0.400. The molecular weight excluding hydrogens is 334 g/mol. The van der Waals surface area contributed by atoms with Crippen molar-refractivity contribution < 1.29 is 24.4 Å². The number of hydrogen-bond donors (Lipinski definition) is 2. The number of aromatic hydroxyl groups is 1. The van der Waals surface area contributed by atoms with Crippen molar-refractivity contribution in [1.29, 1.82) is 0 Å². The number of phenolic OH excluding ortho intramolecular Hbond substituents is 1. The molecule has 2 atom stereocenters. The summed E-state index contributed by atoms with van der Waals surface area (Å²) in [5.41, 5.74) is 4.29. The fourth-order valence-electron chi connectivity index (χ4n) is 4.32. The second-order valence-electron chi connectivity index (χ2n) is 6.82.